The number of hydrogen-bond donors (Lipinski definition) is 1. The number of methoxy groups -OCH3 is 2. The van der Waals surface area contributed by atoms with Crippen molar-refractivity contribution in [2.24, 2.45) is 0 Å². The molecule has 7 heteroatoms. The molecule has 4 aromatic rings. The molecule has 0 saturated carbocycles. The third-order valence-corrected chi connectivity index (χ3v) is 5.01. The van der Waals surface area contributed by atoms with E-state index in [4.69, 9.17) is 9.47 Å². The molecule has 0 radical (unpaired) electrons. The Hall–Kier alpha value is -3.87. The van der Waals surface area contributed by atoms with Crippen LogP contribution in [0.2, 0.25) is 0 Å². The highest BCUT2D eigenvalue weighted by Gasteiger charge is 2.14. The molecule has 0 aliphatic heterocycles. The highest BCUT2D eigenvalue weighted by atomic mass is 16.5. The van der Waals surface area contributed by atoms with Crippen LogP contribution in [0.3, 0.4) is 0 Å². The maximum Gasteiger partial charge on any atom is 0.255 e. The molecular weight excluding hydrogens is 380 g/mol. The lowest BCUT2D eigenvalue weighted by atomic mass is 10.1. The molecule has 0 atom stereocenters. The average molecular weight is 402 g/mol. The Morgan fingerprint density at radius 3 is 2.63 bits per heavy atom. The molecule has 152 valence electrons. The van der Waals surface area contributed by atoms with Crippen molar-refractivity contribution in [2.45, 2.75) is 13.5 Å². The van der Waals surface area contributed by atoms with E-state index in [0.717, 1.165) is 5.52 Å². The molecule has 0 aliphatic carbocycles. The fraction of sp³-hybridized carbons (Fsp3) is 0.174. The number of aromatic nitrogens is 3. The number of nitrogens with zero attached hydrogens (tertiary/aromatic N) is 3. The molecule has 0 spiro atoms. The Morgan fingerprint density at radius 2 is 1.87 bits per heavy atom. The summed E-state index contributed by atoms with van der Waals surface area (Å²) < 4.78 is 12.4. The minimum absolute atomic E-state index is 0.267. The highest BCUT2D eigenvalue weighted by Crippen LogP contribution is 2.29. The summed E-state index contributed by atoms with van der Waals surface area (Å²) in [6.07, 6.45) is 0. The van der Waals surface area contributed by atoms with Gasteiger partial charge in [0, 0.05) is 11.6 Å². The molecule has 1 heterocycles. The highest BCUT2D eigenvalue weighted by molar-refractivity contribution is 6.06. The van der Waals surface area contributed by atoms with Gasteiger partial charge in [0.25, 0.3) is 5.91 Å². The fourth-order valence-corrected chi connectivity index (χ4v) is 3.29. The van der Waals surface area contributed by atoms with E-state index in [-0.39, 0.29) is 5.91 Å². The van der Waals surface area contributed by atoms with Crippen LogP contribution in [0.4, 0.5) is 5.69 Å². The quantitative estimate of drug-likeness (QED) is 0.526. The molecule has 4 rings (SSSR count). The molecule has 7 nitrogen and oxygen atoms in total. The number of rotatable bonds is 6. The number of amides is 1. The number of benzene rings is 3. The Morgan fingerprint density at radius 1 is 1.03 bits per heavy atom. The van der Waals surface area contributed by atoms with Crippen LogP contribution in [-0.4, -0.2) is 35.1 Å². The van der Waals surface area contributed by atoms with E-state index < -0.39 is 0 Å². The lowest BCUT2D eigenvalue weighted by Gasteiger charge is -2.12. The van der Waals surface area contributed by atoms with Crippen LogP contribution >= 0.6 is 0 Å². The Labute approximate surface area is 174 Å². The third-order valence-electron chi connectivity index (χ3n) is 5.01. The van der Waals surface area contributed by atoms with Gasteiger partial charge in [-0.3, -0.25) is 4.79 Å². The number of anilines is 1. The van der Waals surface area contributed by atoms with Crippen molar-refractivity contribution in [3.05, 3.63) is 77.4 Å². The number of fused-ring (bicyclic) bond motifs is 1. The third kappa shape index (κ3) is 3.82. The first-order valence-corrected chi connectivity index (χ1v) is 9.50. The van der Waals surface area contributed by atoms with Crippen molar-refractivity contribution in [1.82, 2.24) is 15.0 Å². The molecule has 0 aliphatic rings. The van der Waals surface area contributed by atoms with E-state index in [9.17, 15) is 4.79 Å². The van der Waals surface area contributed by atoms with Crippen molar-refractivity contribution in [3.63, 3.8) is 0 Å². The van der Waals surface area contributed by atoms with Gasteiger partial charge in [-0.15, -0.1) is 5.10 Å². The van der Waals surface area contributed by atoms with Crippen LogP contribution < -0.4 is 14.8 Å². The second-order valence-corrected chi connectivity index (χ2v) is 6.90. The van der Waals surface area contributed by atoms with Gasteiger partial charge in [0.2, 0.25) is 0 Å². The van der Waals surface area contributed by atoms with E-state index >= 15 is 0 Å². The molecular formula is C23H22N4O3. The van der Waals surface area contributed by atoms with Gasteiger partial charge >= 0.3 is 0 Å². The zero-order chi connectivity index (χ0) is 21.1. The van der Waals surface area contributed by atoms with Gasteiger partial charge in [-0.25, -0.2) is 4.68 Å². The van der Waals surface area contributed by atoms with E-state index in [1.165, 1.54) is 11.1 Å². The molecule has 30 heavy (non-hydrogen) atoms. The molecule has 0 bridgehead atoms. The predicted octanol–water partition coefficient (Wildman–Crippen LogP) is 4.06. The van der Waals surface area contributed by atoms with E-state index in [0.29, 0.717) is 34.8 Å². The summed E-state index contributed by atoms with van der Waals surface area (Å²) >= 11 is 0. The maximum absolute atomic E-state index is 12.8. The van der Waals surface area contributed by atoms with Crippen LogP contribution in [0, 0.1) is 6.92 Å². The summed E-state index contributed by atoms with van der Waals surface area (Å²) in [4.78, 5) is 12.8. The van der Waals surface area contributed by atoms with Gasteiger partial charge in [0.1, 0.15) is 17.0 Å². The molecule has 1 aromatic heterocycles. The minimum Gasteiger partial charge on any atom is -0.497 e. The normalized spacial score (nSPS) is 10.8. The van der Waals surface area contributed by atoms with Crippen molar-refractivity contribution in [3.8, 4) is 11.5 Å². The first kappa shape index (κ1) is 19.4. The molecule has 1 N–H and O–H groups in total. The molecule has 0 fully saturated rings. The number of nitrogens with one attached hydrogen (secondary N) is 1. The zero-order valence-corrected chi connectivity index (χ0v) is 17.0. The molecule has 0 saturated heterocycles. The second kappa shape index (κ2) is 8.24. The van der Waals surface area contributed by atoms with Crippen LogP contribution in [0.15, 0.2) is 60.7 Å². The van der Waals surface area contributed by atoms with Gasteiger partial charge in [-0.1, -0.05) is 29.5 Å². The second-order valence-electron chi connectivity index (χ2n) is 6.90. The number of carbonyl (C=O) groups excluding carboxylic acids is 1. The topological polar surface area (TPSA) is 78.3 Å². The number of carbonyl (C=O) groups is 1. The SMILES string of the molecule is COc1ccc(OC)c(NC(=O)c2ccc3c(c2)nnn3Cc2ccccc2C)c1. The summed E-state index contributed by atoms with van der Waals surface area (Å²) in [7, 11) is 3.12. The van der Waals surface area contributed by atoms with E-state index in [1.54, 1.807) is 44.6 Å². The van der Waals surface area contributed by atoms with Crippen LogP contribution in [0.1, 0.15) is 21.5 Å². The molecule has 3 aromatic carbocycles. The van der Waals surface area contributed by atoms with Gasteiger partial charge in [-0.05, 0) is 48.4 Å². The van der Waals surface area contributed by atoms with E-state index in [1.807, 2.05) is 22.9 Å². The predicted molar refractivity (Wildman–Crippen MR) is 115 cm³/mol. The monoisotopic (exact) mass is 402 g/mol. The summed E-state index contributed by atoms with van der Waals surface area (Å²) in [5.74, 6) is 0.909. The van der Waals surface area contributed by atoms with Gasteiger partial charge < -0.3 is 14.8 Å². The number of hydrogen-bond acceptors (Lipinski definition) is 5. The Kier molecular flexibility index (Phi) is 5.34. The molecule has 0 unspecified atom stereocenters. The first-order valence-electron chi connectivity index (χ1n) is 9.50. The summed E-state index contributed by atoms with van der Waals surface area (Å²) in [6, 6.07) is 18.8. The van der Waals surface area contributed by atoms with Crippen molar-refractivity contribution in [2.75, 3.05) is 19.5 Å². The maximum atomic E-state index is 12.8. The van der Waals surface area contributed by atoms with Crippen LogP contribution in [-0.2, 0) is 6.54 Å². The Bertz CT molecular complexity index is 1220. The largest absolute Gasteiger partial charge is 0.497 e. The standard InChI is InChI=1S/C23H22N4O3/c1-15-6-4-5-7-17(15)14-27-21-10-8-16(12-19(21)25-26-27)23(28)24-20-13-18(29-2)9-11-22(20)30-3/h4-13H,14H2,1-3H3,(H,24,28). The minimum atomic E-state index is -0.267. The summed E-state index contributed by atoms with van der Waals surface area (Å²) in [6.45, 7) is 2.69. The lowest BCUT2D eigenvalue weighted by molar-refractivity contribution is 0.102. The number of aryl methyl sites for hydroxylation is 1. The van der Waals surface area contributed by atoms with Gasteiger partial charge in [0.05, 0.1) is 32.0 Å². The zero-order valence-electron chi connectivity index (χ0n) is 17.0. The fourth-order valence-electron chi connectivity index (χ4n) is 3.29. The molecule has 1 amide bonds. The van der Waals surface area contributed by atoms with Crippen molar-refractivity contribution in [1.29, 1.82) is 0 Å². The first-order chi connectivity index (χ1) is 14.6. The van der Waals surface area contributed by atoms with Crippen LogP contribution in [0.5, 0.6) is 11.5 Å². The smallest absolute Gasteiger partial charge is 0.255 e. The lowest BCUT2D eigenvalue weighted by Crippen LogP contribution is -2.12. The average Bonchev–Trinajstić information content (AvgIpc) is 3.17. The van der Waals surface area contributed by atoms with Crippen LogP contribution in [0.25, 0.3) is 11.0 Å². The van der Waals surface area contributed by atoms with Crippen molar-refractivity contribution < 1.29 is 14.3 Å². The Balaban J connectivity index is 1.59. The summed E-state index contributed by atoms with van der Waals surface area (Å²) in [5.41, 5.74) is 4.92. The van der Waals surface area contributed by atoms with Crippen molar-refractivity contribution >= 4 is 22.6 Å². The van der Waals surface area contributed by atoms with Gasteiger partial charge in [0.15, 0.2) is 0 Å². The summed E-state index contributed by atoms with van der Waals surface area (Å²) in [5, 5.41) is 11.4. The van der Waals surface area contributed by atoms with E-state index in [2.05, 4.69) is 34.7 Å². The van der Waals surface area contributed by atoms with Gasteiger partial charge in [-0.2, -0.15) is 0 Å². The number of ether oxygens (including phenoxy) is 2.